The zero-order valence-corrected chi connectivity index (χ0v) is 15.4. The smallest absolute Gasteiger partial charge is 0.270 e. The fraction of sp³-hybridized carbons (Fsp3) is 0.353. The lowest BCUT2D eigenvalue weighted by molar-refractivity contribution is -0.555. The van der Waals surface area contributed by atoms with Gasteiger partial charge in [-0.3, -0.25) is 14.6 Å². The van der Waals surface area contributed by atoms with Crippen LogP contribution in [-0.2, 0) is 11.3 Å². The van der Waals surface area contributed by atoms with E-state index in [1.165, 1.54) is 9.80 Å². The highest BCUT2D eigenvalue weighted by molar-refractivity contribution is 6.30. The van der Waals surface area contributed by atoms with Gasteiger partial charge < -0.3 is 0 Å². The number of urea groups is 1. The summed E-state index contributed by atoms with van der Waals surface area (Å²) in [5.74, 6) is 0.621. The quantitative estimate of drug-likeness (QED) is 0.792. The monoisotopic (exact) mass is 373 g/mol. The summed E-state index contributed by atoms with van der Waals surface area (Å²) in [7, 11) is 1.63. The van der Waals surface area contributed by atoms with E-state index in [2.05, 4.69) is 15.5 Å². The summed E-state index contributed by atoms with van der Waals surface area (Å²) >= 11 is 5.91. The predicted molar refractivity (Wildman–Crippen MR) is 97.4 cm³/mol. The van der Waals surface area contributed by atoms with Gasteiger partial charge in [-0.1, -0.05) is 28.7 Å². The highest BCUT2D eigenvalue weighted by Crippen LogP contribution is 2.24. The first-order chi connectivity index (χ1) is 12.4. The molecule has 0 spiro atoms. The van der Waals surface area contributed by atoms with Crippen molar-refractivity contribution in [1.29, 1.82) is 0 Å². The van der Waals surface area contributed by atoms with Gasteiger partial charge in [-0.15, -0.1) is 5.10 Å². The number of likely N-dealkylation sites (N-methyl/N-ethyl adjacent to an activating group) is 1. The van der Waals surface area contributed by atoms with Gasteiger partial charge in [0.05, 0.1) is 12.3 Å². The molecule has 1 saturated heterocycles. The Morgan fingerprint density at radius 3 is 2.65 bits per heavy atom. The zero-order valence-electron chi connectivity index (χ0n) is 14.6. The first kappa shape index (κ1) is 16.7. The molecule has 26 heavy (non-hydrogen) atoms. The third-order valence-corrected chi connectivity index (χ3v) is 5.21. The Kier molecular flexibility index (Phi) is 3.80. The van der Waals surface area contributed by atoms with Gasteiger partial charge in [-0.2, -0.15) is 5.43 Å². The van der Waals surface area contributed by atoms with E-state index < -0.39 is 12.1 Å². The SMILES string of the molecule is CC1=NNC2=[N+](C1C)C1C(=O)N(Cc3ccc(Cl)cc3)C(=O)N(C)C1=N2. The van der Waals surface area contributed by atoms with Crippen molar-refractivity contribution in [1.82, 2.24) is 15.2 Å². The molecule has 0 bridgehead atoms. The first-order valence-corrected chi connectivity index (χ1v) is 8.64. The lowest BCUT2D eigenvalue weighted by Gasteiger charge is -2.35. The molecule has 2 unspecified atom stereocenters. The number of halogens is 1. The molecule has 1 N–H and O–H groups in total. The van der Waals surface area contributed by atoms with Gasteiger partial charge >= 0.3 is 12.0 Å². The number of aliphatic imine (C=N–C) groups is 1. The fourth-order valence-electron chi connectivity index (χ4n) is 3.32. The van der Waals surface area contributed by atoms with E-state index >= 15 is 0 Å². The van der Waals surface area contributed by atoms with Crippen molar-refractivity contribution >= 4 is 41.0 Å². The van der Waals surface area contributed by atoms with Gasteiger partial charge in [-0.25, -0.2) is 9.37 Å². The van der Waals surface area contributed by atoms with Crippen LogP contribution in [-0.4, -0.2) is 63.0 Å². The molecule has 3 heterocycles. The average Bonchev–Trinajstić information content (AvgIpc) is 3.02. The van der Waals surface area contributed by atoms with Gasteiger partial charge in [0.15, 0.2) is 0 Å². The number of rotatable bonds is 2. The average molecular weight is 374 g/mol. The van der Waals surface area contributed by atoms with E-state index in [-0.39, 0.29) is 18.5 Å². The topological polar surface area (TPSA) is 80.4 Å². The van der Waals surface area contributed by atoms with Crippen LogP contribution in [0.25, 0.3) is 0 Å². The molecule has 3 aliphatic heterocycles. The number of benzene rings is 1. The van der Waals surface area contributed by atoms with E-state index in [0.717, 1.165) is 11.3 Å². The number of hydrogen-bond donors (Lipinski definition) is 1. The van der Waals surface area contributed by atoms with Gasteiger partial charge in [0.2, 0.25) is 11.9 Å². The van der Waals surface area contributed by atoms with E-state index in [9.17, 15) is 9.59 Å². The minimum atomic E-state index is -0.645. The van der Waals surface area contributed by atoms with Crippen LogP contribution in [0.1, 0.15) is 19.4 Å². The number of carbonyl (C=O) groups is 2. The molecule has 2 atom stereocenters. The molecule has 9 heteroatoms. The van der Waals surface area contributed by atoms with Crippen LogP contribution in [0.4, 0.5) is 4.79 Å². The molecule has 3 amide bonds. The van der Waals surface area contributed by atoms with Crippen molar-refractivity contribution in [2.24, 2.45) is 10.1 Å². The Bertz CT molecular complexity index is 904. The molecule has 1 fully saturated rings. The van der Waals surface area contributed by atoms with Gasteiger partial charge in [-0.05, 0) is 31.5 Å². The Labute approximate surface area is 155 Å². The second kappa shape index (κ2) is 5.91. The van der Waals surface area contributed by atoms with E-state index in [1.807, 2.05) is 18.4 Å². The molecule has 8 nitrogen and oxygen atoms in total. The summed E-state index contributed by atoms with van der Waals surface area (Å²) in [6.07, 6.45) is 0. The highest BCUT2D eigenvalue weighted by atomic mass is 35.5. The molecule has 1 aromatic carbocycles. The van der Waals surface area contributed by atoms with Gasteiger partial charge in [0.1, 0.15) is 6.04 Å². The molecular formula is C17H18ClN6O2+. The van der Waals surface area contributed by atoms with Crippen LogP contribution >= 0.6 is 11.6 Å². The van der Waals surface area contributed by atoms with Crippen LogP contribution < -0.4 is 5.43 Å². The molecule has 0 aromatic heterocycles. The fourth-order valence-corrected chi connectivity index (χ4v) is 3.45. The van der Waals surface area contributed by atoms with Crippen molar-refractivity contribution in [3.63, 3.8) is 0 Å². The van der Waals surface area contributed by atoms with Crippen molar-refractivity contribution in [2.45, 2.75) is 32.5 Å². The van der Waals surface area contributed by atoms with Crippen molar-refractivity contribution in [2.75, 3.05) is 7.05 Å². The number of nitrogens with zero attached hydrogens (tertiary/aromatic N) is 5. The minimum Gasteiger partial charge on any atom is -0.270 e. The zero-order chi connectivity index (χ0) is 18.6. The van der Waals surface area contributed by atoms with E-state index in [1.54, 1.807) is 31.3 Å². The lowest BCUT2D eigenvalue weighted by Crippen LogP contribution is -2.64. The first-order valence-electron chi connectivity index (χ1n) is 8.26. The Morgan fingerprint density at radius 2 is 1.96 bits per heavy atom. The van der Waals surface area contributed by atoms with Gasteiger partial charge in [0, 0.05) is 12.1 Å². The summed E-state index contributed by atoms with van der Waals surface area (Å²) in [6, 6.07) is 5.95. The number of amidine groups is 1. The Hall–Kier alpha value is -2.74. The van der Waals surface area contributed by atoms with Gasteiger partial charge in [0.25, 0.3) is 5.91 Å². The van der Waals surface area contributed by atoms with Crippen LogP contribution in [0.2, 0.25) is 5.02 Å². The second-order valence-corrected chi connectivity index (χ2v) is 6.97. The Morgan fingerprint density at radius 1 is 1.27 bits per heavy atom. The normalized spacial score (nSPS) is 24.9. The number of hydrazone groups is 1. The number of nitrogens with one attached hydrogen (secondary N) is 1. The van der Waals surface area contributed by atoms with Crippen LogP contribution in [0, 0.1) is 0 Å². The number of fused-ring (bicyclic) bond motifs is 2. The molecule has 4 rings (SSSR count). The third-order valence-electron chi connectivity index (χ3n) is 4.96. The molecule has 0 radical (unpaired) electrons. The summed E-state index contributed by atoms with van der Waals surface area (Å²) < 4.78 is 1.87. The van der Waals surface area contributed by atoms with Crippen molar-refractivity contribution in [3.05, 3.63) is 34.9 Å². The summed E-state index contributed by atoms with van der Waals surface area (Å²) in [5.41, 5.74) is 4.54. The van der Waals surface area contributed by atoms with Crippen molar-refractivity contribution < 1.29 is 14.2 Å². The number of amides is 3. The minimum absolute atomic E-state index is 0.0968. The number of guanidine groups is 1. The Balaban J connectivity index is 1.68. The molecule has 3 aliphatic rings. The summed E-state index contributed by atoms with van der Waals surface area (Å²) in [6.45, 7) is 4.03. The summed E-state index contributed by atoms with van der Waals surface area (Å²) in [4.78, 5) is 33.1. The standard InChI is InChI=1S/C17H17ClN6O2/c1-9-10(2)24-13-14(19-16(24)21-20-9)22(3)17(26)23(15(13)25)8-11-4-6-12(18)7-5-11/h4-7,10,13H,8H2,1-3H3/p+1. The maximum atomic E-state index is 13.2. The molecular weight excluding hydrogens is 356 g/mol. The largest absolute Gasteiger partial charge is 0.414 e. The molecule has 0 aliphatic carbocycles. The molecule has 0 saturated carbocycles. The van der Waals surface area contributed by atoms with E-state index in [0.29, 0.717) is 16.8 Å². The van der Waals surface area contributed by atoms with Crippen LogP contribution in [0.15, 0.2) is 34.4 Å². The predicted octanol–water partition coefficient (Wildman–Crippen LogP) is 1.25. The van der Waals surface area contributed by atoms with Crippen LogP contribution in [0.5, 0.6) is 0 Å². The summed E-state index contributed by atoms with van der Waals surface area (Å²) in [5, 5.41) is 4.82. The third kappa shape index (κ3) is 2.40. The second-order valence-electron chi connectivity index (χ2n) is 6.54. The molecule has 1 aromatic rings. The maximum Gasteiger partial charge on any atom is 0.414 e. The van der Waals surface area contributed by atoms with Crippen LogP contribution in [0.3, 0.4) is 0 Å². The van der Waals surface area contributed by atoms with E-state index in [4.69, 9.17) is 11.6 Å². The highest BCUT2D eigenvalue weighted by Gasteiger charge is 2.54. The number of hydrogen-bond acceptors (Lipinski definition) is 5. The lowest BCUT2D eigenvalue weighted by atomic mass is 10.1. The molecule has 134 valence electrons. The number of carbonyl (C=O) groups excluding carboxylic acids is 2. The number of imide groups is 1. The van der Waals surface area contributed by atoms with Crippen molar-refractivity contribution in [3.8, 4) is 0 Å². The maximum absolute atomic E-state index is 13.2.